The van der Waals surface area contributed by atoms with E-state index in [0.29, 0.717) is 12.5 Å². The van der Waals surface area contributed by atoms with Crippen molar-refractivity contribution in [2.75, 3.05) is 19.7 Å². The molecule has 0 aromatic carbocycles. The third kappa shape index (κ3) is 2.23. The molecule has 1 aliphatic heterocycles. The maximum atomic E-state index is 12.3. The standard InChI is InChI=1S/C12H22N2O2/c1-12(13,10-4-5-10)11(16)14-6-2-3-9(7-14)8-15/h9-10,15H,2-8,13H2,1H3. The lowest BCUT2D eigenvalue weighted by molar-refractivity contribution is -0.139. The summed E-state index contributed by atoms with van der Waals surface area (Å²) in [7, 11) is 0. The van der Waals surface area contributed by atoms with Crippen LogP contribution in [-0.2, 0) is 4.79 Å². The zero-order valence-electron chi connectivity index (χ0n) is 9.98. The van der Waals surface area contributed by atoms with E-state index in [1.54, 1.807) is 0 Å². The van der Waals surface area contributed by atoms with Gasteiger partial charge in [-0.2, -0.15) is 0 Å². The van der Waals surface area contributed by atoms with Crippen molar-refractivity contribution in [1.82, 2.24) is 4.90 Å². The molecule has 16 heavy (non-hydrogen) atoms. The molecule has 4 nitrogen and oxygen atoms in total. The number of hydrogen-bond acceptors (Lipinski definition) is 3. The number of carbonyl (C=O) groups is 1. The molecule has 0 radical (unpaired) electrons. The monoisotopic (exact) mass is 226 g/mol. The smallest absolute Gasteiger partial charge is 0.242 e. The van der Waals surface area contributed by atoms with Crippen LogP contribution >= 0.6 is 0 Å². The third-order valence-corrected chi connectivity index (χ3v) is 3.95. The van der Waals surface area contributed by atoms with Gasteiger partial charge in [0.2, 0.25) is 5.91 Å². The maximum Gasteiger partial charge on any atom is 0.242 e. The quantitative estimate of drug-likeness (QED) is 0.729. The van der Waals surface area contributed by atoms with Crippen molar-refractivity contribution in [3.8, 4) is 0 Å². The highest BCUT2D eigenvalue weighted by atomic mass is 16.3. The summed E-state index contributed by atoms with van der Waals surface area (Å²) in [6.45, 7) is 3.51. The molecular weight excluding hydrogens is 204 g/mol. The van der Waals surface area contributed by atoms with Gasteiger partial charge in [-0.25, -0.2) is 0 Å². The minimum atomic E-state index is -0.683. The highest BCUT2D eigenvalue weighted by Crippen LogP contribution is 2.39. The fraction of sp³-hybridized carbons (Fsp3) is 0.917. The molecule has 1 saturated heterocycles. The van der Waals surface area contributed by atoms with Crippen molar-refractivity contribution in [1.29, 1.82) is 0 Å². The summed E-state index contributed by atoms with van der Waals surface area (Å²) in [4.78, 5) is 14.1. The second-order valence-electron chi connectivity index (χ2n) is 5.50. The Morgan fingerprint density at radius 2 is 2.19 bits per heavy atom. The number of carbonyl (C=O) groups excluding carboxylic acids is 1. The van der Waals surface area contributed by atoms with Gasteiger partial charge in [0.05, 0.1) is 5.54 Å². The zero-order chi connectivity index (χ0) is 11.8. The number of hydrogen-bond donors (Lipinski definition) is 2. The van der Waals surface area contributed by atoms with Crippen LogP contribution in [0, 0.1) is 11.8 Å². The lowest BCUT2D eigenvalue weighted by atomic mass is 9.92. The van der Waals surface area contributed by atoms with E-state index >= 15 is 0 Å². The number of nitrogens with two attached hydrogens (primary N) is 1. The molecule has 1 amide bonds. The molecule has 1 saturated carbocycles. The van der Waals surface area contributed by atoms with Crippen LogP contribution in [0.1, 0.15) is 32.6 Å². The minimum absolute atomic E-state index is 0.0770. The average Bonchev–Trinajstić information content (AvgIpc) is 3.12. The third-order valence-electron chi connectivity index (χ3n) is 3.95. The zero-order valence-corrected chi connectivity index (χ0v) is 9.98. The Hall–Kier alpha value is -0.610. The molecule has 2 rings (SSSR count). The van der Waals surface area contributed by atoms with Gasteiger partial charge in [-0.1, -0.05) is 0 Å². The first-order valence-electron chi connectivity index (χ1n) is 6.25. The van der Waals surface area contributed by atoms with Crippen LogP contribution in [0.4, 0.5) is 0 Å². The van der Waals surface area contributed by atoms with E-state index in [1.165, 1.54) is 0 Å². The van der Waals surface area contributed by atoms with Crippen molar-refractivity contribution in [3.63, 3.8) is 0 Å². The minimum Gasteiger partial charge on any atom is -0.396 e. The molecule has 0 aromatic rings. The molecule has 0 bridgehead atoms. The number of aliphatic hydroxyl groups excluding tert-OH is 1. The summed E-state index contributed by atoms with van der Waals surface area (Å²) in [5.74, 6) is 0.690. The predicted molar refractivity (Wildman–Crippen MR) is 61.7 cm³/mol. The molecular formula is C12H22N2O2. The van der Waals surface area contributed by atoms with E-state index in [9.17, 15) is 4.79 Å². The van der Waals surface area contributed by atoms with Gasteiger partial charge < -0.3 is 15.7 Å². The molecule has 4 heteroatoms. The SMILES string of the molecule is CC(N)(C(=O)N1CCCC(CO)C1)C1CC1. The highest BCUT2D eigenvalue weighted by molar-refractivity contribution is 5.86. The first-order valence-corrected chi connectivity index (χ1v) is 6.25. The van der Waals surface area contributed by atoms with Gasteiger partial charge in [-0.15, -0.1) is 0 Å². The average molecular weight is 226 g/mol. The van der Waals surface area contributed by atoms with Gasteiger partial charge in [0.25, 0.3) is 0 Å². The molecule has 2 fully saturated rings. The highest BCUT2D eigenvalue weighted by Gasteiger charge is 2.46. The van der Waals surface area contributed by atoms with Crippen molar-refractivity contribution in [2.24, 2.45) is 17.6 Å². The van der Waals surface area contributed by atoms with Crippen LogP contribution < -0.4 is 5.73 Å². The first kappa shape index (κ1) is 11.9. The van der Waals surface area contributed by atoms with E-state index in [-0.39, 0.29) is 18.4 Å². The molecule has 92 valence electrons. The Kier molecular flexibility index (Phi) is 3.22. The van der Waals surface area contributed by atoms with Gasteiger partial charge in [-0.3, -0.25) is 4.79 Å². The molecule has 1 heterocycles. The number of likely N-dealkylation sites (tertiary alicyclic amines) is 1. The van der Waals surface area contributed by atoms with Crippen LogP contribution in [0.25, 0.3) is 0 Å². The maximum absolute atomic E-state index is 12.3. The van der Waals surface area contributed by atoms with Gasteiger partial charge in [0.15, 0.2) is 0 Å². The summed E-state index contributed by atoms with van der Waals surface area (Å²) in [5.41, 5.74) is 5.45. The summed E-state index contributed by atoms with van der Waals surface area (Å²) in [6.07, 6.45) is 4.16. The molecule has 2 aliphatic rings. The Labute approximate surface area is 96.8 Å². The molecule has 2 unspecified atom stereocenters. The van der Waals surface area contributed by atoms with Crippen molar-refractivity contribution >= 4 is 5.91 Å². The van der Waals surface area contributed by atoms with Crippen molar-refractivity contribution in [3.05, 3.63) is 0 Å². The van der Waals surface area contributed by atoms with E-state index in [0.717, 1.165) is 32.2 Å². The molecule has 3 N–H and O–H groups in total. The number of nitrogens with zero attached hydrogens (tertiary/aromatic N) is 1. The Bertz CT molecular complexity index is 274. The fourth-order valence-corrected chi connectivity index (χ4v) is 2.60. The summed E-state index contributed by atoms with van der Waals surface area (Å²) in [5, 5.41) is 9.15. The van der Waals surface area contributed by atoms with Crippen LogP contribution in [0.15, 0.2) is 0 Å². The number of amides is 1. The molecule has 0 aromatic heterocycles. The lowest BCUT2D eigenvalue weighted by Crippen LogP contribution is -2.57. The van der Waals surface area contributed by atoms with Gasteiger partial charge in [-0.05, 0) is 44.4 Å². The summed E-state index contributed by atoms with van der Waals surface area (Å²) >= 11 is 0. The summed E-state index contributed by atoms with van der Waals surface area (Å²) in [6, 6.07) is 0. The van der Waals surface area contributed by atoms with Crippen LogP contribution in [0.3, 0.4) is 0 Å². The van der Waals surface area contributed by atoms with Crippen molar-refractivity contribution < 1.29 is 9.90 Å². The normalized spacial score (nSPS) is 29.9. The van der Waals surface area contributed by atoms with E-state index in [4.69, 9.17) is 10.8 Å². The van der Waals surface area contributed by atoms with E-state index in [2.05, 4.69) is 0 Å². The Morgan fingerprint density at radius 3 is 2.75 bits per heavy atom. The summed E-state index contributed by atoms with van der Waals surface area (Å²) < 4.78 is 0. The van der Waals surface area contributed by atoms with Gasteiger partial charge in [0, 0.05) is 19.7 Å². The molecule has 2 atom stereocenters. The fourth-order valence-electron chi connectivity index (χ4n) is 2.60. The Balaban J connectivity index is 1.98. The van der Waals surface area contributed by atoms with Crippen LogP contribution in [0.2, 0.25) is 0 Å². The number of aliphatic hydroxyl groups is 1. The topological polar surface area (TPSA) is 66.6 Å². The number of piperidine rings is 1. The van der Waals surface area contributed by atoms with Gasteiger partial charge >= 0.3 is 0 Å². The molecule has 0 spiro atoms. The lowest BCUT2D eigenvalue weighted by Gasteiger charge is -2.37. The number of rotatable bonds is 3. The second kappa shape index (κ2) is 4.34. The van der Waals surface area contributed by atoms with Crippen LogP contribution in [0.5, 0.6) is 0 Å². The van der Waals surface area contributed by atoms with E-state index < -0.39 is 5.54 Å². The second-order valence-corrected chi connectivity index (χ2v) is 5.50. The predicted octanol–water partition coefficient (Wildman–Crippen LogP) is 0.345. The van der Waals surface area contributed by atoms with Gasteiger partial charge in [0.1, 0.15) is 0 Å². The van der Waals surface area contributed by atoms with Crippen molar-refractivity contribution in [2.45, 2.75) is 38.1 Å². The van der Waals surface area contributed by atoms with E-state index in [1.807, 2.05) is 11.8 Å². The Morgan fingerprint density at radius 1 is 1.50 bits per heavy atom. The van der Waals surface area contributed by atoms with Crippen LogP contribution in [-0.4, -0.2) is 41.1 Å². The largest absolute Gasteiger partial charge is 0.396 e. The molecule has 1 aliphatic carbocycles. The first-order chi connectivity index (χ1) is 7.55.